The lowest BCUT2D eigenvalue weighted by atomic mass is 9.95. The molecule has 0 aromatic heterocycles. The van der Waals surface area contributed by atoms with Crippen molar-refractivity contribution in [2.75, 3.05) is 20.2 Å². The molecule has 1 amide bonds. The molecular weight excluding hydrogens is 268 g/mol. The lowest BCUT2D eigenvalue weighted by Crippen LogP contribution is -2.56. The fourth-order valence-electron chi connectivity index (χ4n) is 2.81. The van der Waals surface area contributed by atoms with Crippen molar-refractivity contribution in [1.29, 1.82) is 0 Å². The van der Waals surface area contributed by atoms with E-state index in [-0.39, 0.29) is 12.0 Å². The van der Waals surface area contributed by atoms with Gasteiger partial charge in [0.15, 0.2) is 17.6 Å². The van der Waals surface area contributed by atoms with E-state index < -0.39 is 5.54 Å². The Hall–Kier alpha value is -1.75. The quantitative estimate of drug-likeness (QED) is 0.910. The Bertz CT molecular complexity index is 540. The van der Waals surface area contributed by atoms with Crippen LogP contribution in [0.25, 0.3) is 0 Å². The summed E-state index contributed by atoms with van der Waals surface area (Å²) < 4.78 is 11.5. The molecule has 1 aromatic rings. The topological polar surface area (TPSA) is 64.8 Å². The highest BCUT2D eigenvalue weighted by atomic mass is 16.6. The van der Waals surface area contributed by atoms with Crippen molar-refractivity contribution in [3.63, 3.8) is 0 Å². The molecular formula is C16H22N2O3. The van der Waals surface area contributed by atoms with Gasteiger partial charge in [0.25, 0.3) is 0 Å². The molecule has 1 fully saturated rings. The van der Waals surface area contributed by atoms with Gasteiger partial charge in [-0.15, -0.1) is 0 Å². The van der Waals surface area contributed by atoms with Crippen molar-refractivity contribution >= 4 is 5.91 Å². The van der Waals surface area contributed by atoms with Crippen LogP contribution in [0.2, 0.25) is 0 Å². The molecule has 1 aromatic carbocycles. The van der Waals surface area contributed by atoms with E-state index in [4.69, 9.17) is 15.2 Å². The molecule has 114 valence electrons. The van der Waals surface area contributed by atoms with Crippen molar-refractivity contribution < 1.29 is 14.3 Å². The molecule has 5 heteroatoms. The maximum absolute atomic E-state index is 12.5. The second-order valence-corrected chi connectivity index (χ2v) is 6.24. The number of likely N-dealkylation sites (N-methyl/N-ethyl adjacent to an activating group) is 1. The third-order valence-corrected chi connectivity index (χ3v) is 4.28. The minimum Gasteiger partial charge on any atom is -0.486 e. The van der Waals surface area contributed by atoms with E-state index in [2.05, 4.69) is 0 Å². The minimum absolute atomic E-state index is 0.0209. The molecule has 1 heterocycles. The van der Waals surface area contributed by atoms with Crippen molar-refractivity contribution in [1.82, 2.24) is 4.90 Å². The first-order valence-electron chi connectivity index (χ1n) is 7.41. The van der Waals surface area contributed by atoms with Crippen LogP contribution in [0.15, 0.2) is 24.3 Å². The van der Waals surface area contributed by atoms with Gasteiger partial charge in [0.2, 0.25) is 5.91 Å². The monoisotopic (exact) mass is 290 g/mol. The number of carbonyl (C=O) groups excluding carboxylic acids is 1. The number of nitrogens with zero attached hydrogens (tertiary/aromatic N) is 1. The molecule has 2 unspecified atom stereocenters. The van der Waals surface area contributed by atoms with Gasteiger partial charge in [-0.25, -0.2) is 0 Å². The minimum atomic E-state index is -0.762. The van der Waals surface area contributed by atoms with Gasteiger partial charge in [0.05, 0.1) is 12.1 Å². The van der Waals surface area contributed by atoms with Crippen LogP contribution in [-0.4, -0.2) is 42.6 Å². The van der Waals surface area contributed by atoms with Gasteiger partial charge in [-0.1, -0.05) is 12.1 Å². The summed E-state index contributed by atoms with van der Waals surface area (Å²) in [6, 6.07) is 7.57. The second kappa shape index (κ2) is 5.22. The standard InChI is InChI=1S/C16H22N2O3/c1-16(17,11-7-8-11)15(19)18(2)9-12-10-20-13-5-3-4-6-14(13)21-12/h3-6,11-12H,7-10,17H2,1-2H3. The molecule has 0 saturated heterocycles. The number of ether oxygens (including phenoxy) is 2. The van der Waals surface area contributed by atoms with Gasteiger partial charge in [-0.3, -0.25) is 4.79 Å². The zero-order chi connectivity index (χ0) is 15.0. The van der Waals surface area contributed by atoms with Crippen LogP contribution < -0.4 is 15.2 Å². The average Bonchev–Trinajstić information content (AvgIpc) is 3.31. The number of benzene rings is 1. The summed E-state index contributed by atoms with van der Waals surface area (Å²) in [6.45, 7) is 2.75. The third kappa shape index (κ3) is 2.83. The molecule has 0 radical (unpaired) electrons. The molecule has 21 heavy (non-hydrogen) atoms. The average molecular weight is 290 g/mol. The van der Waals surface area contributed by atoms with Gasteiger partial charge >= 0.3 is 0 Å². The summed E-state index contributed by atoms with van der Waals surface area (Å²) in [5.74, 6) is 1.78. The predicted molar refractivity (Wildman–Crippen MR) is 79.3 cm³/mol. The number of rotatable bonds is 4. The van der Waals surface area contributed by atoms with Gasteiger partial charge < -0.3 is 20.1 Å². The number of carbonyl (C=O) groups is 1. The van der Waals surface area contributed by atoms with Crippen LogP contribution in [0.3, 0.4) is 0 Å². The summed E-state index contributed by atoms with van der Waals surface area (Å²) >= 11 is 0. The van der Waals surface area contributed by atoms with Crippen LogP contribution in [0, 0.1) is 5.92 Å². The molecule has 3 rings (SSSR count). The van der Waals surface area contributed by atoms with Crippen molar-refractivity contribution in [3.05, 3.63) is 24.3 Å². The first-order valence-corrected chi connectivity index (χ1v) is 7.41. The smallest absolute Gasteiger partial charge is 0.242 e. The molecule has 1 aliphatic heterocycles. The van der Waals surface area contributed by atoms with E-state index >= 15 is 0 Å². The summed E-state index contributed by atoms with van der Waals surface area (Å²) in [7, 11) is 1.78. The molecule has 2 aliphatic rings. The van der Waals surface area contributed by atoms with E-state index in [0.717, 1.165) is 24.3 Å². The highest BCUT2D eigenvalue weighted by Gasteiger charge is 2.45. The Balaban J connectivity index is 1.61. The molecule has 5 nitrogen and oxygen atoms in total. The summed E-state index contributed by atoms with van der Waals surface area (Å²) in [6.07, 6.45) is 1.93. The molecule has 1 aliphatic carbocycles. The largest absolute Gasteiger partial charge is 0.486 e. The van der Waals surface area contributed by atoms with Crippen molar-refractivity contribution in [2.24, 2.45) is 11.7 Å². The SMILES string of the molecule is CN(CC1COc2ccccc2O1)C(=O)C(C)(N)C1CC1. The van der Waals surface area contributed by atoms with Crippen LogP contribution >= 0.6 is 0 Å². The van der Waals surface area contributed by atoms with Gasteiger partial charge in [0.1, 0.15) is 6.61 Å². The Morgan fingerprint density at radius 1 is 1.38 bits per heavy atom. The van der Waals surface area contributed by atoms with Crippen LogP contribution in [0.1, 0.15) is 19.8 Å². The number of fused-ring (bicyclic) bond motifs is 1. The van der Waals surface area contributed by atoms with E-state index in [1.54, 1.807) is 11.9 Å². The third-order valence-electron chi connectivity index (χ3n) is 4.28. The summed E-state index contributed by atoms with van der Waals surface area (Å²) in [5.41, 5.74) is 5.42. The fourth-order valence-corrected chi connectivity index (χ4v) is 2.81. The second-order valence-electron chi connectivity index (χ2n) is 6.24. The lowest BCUT2D eigenvalue weighted by molar-refractivity contribution is -0.137. The maximum Gasteiger partial charge on any atom is 0.242 e. The number of nitrogens with two attached hydrogens (primary N) is 1. The van der Waals surface area contributed by atoms with Gasteiger partial charge in [-0.05, 0) is 37.8 Å². The Morgan fingerprint density at radius 2 is 2.05 bits per heavy atom. The van der Waals surface area contributed by atoms with E-state index in [1.165, 1.54) is 0 Å². The molecule has 2 atom stereocenters. The van der Waals surface area contributed by atoms with Gasteiger partial charge in [-0.2, -0.15) is 0 Å². The molecule has 1 saturated carbocycles. The van der Waals surface area contributed by atoms with E-state index in [9.17, 15) is 4.79 Å². The van der Waals surface area contributed by atoms with Crippen LogP contribution in [0.5, 0.6) is 11.5 Å². The maximum atomic E-state index is 12.5. The number of para-hydroxylation sites is 2. The van der Waals surface area contributed by atoms with Crippen molar-refractivity contribution in [2.45, 2.75) is 31.4 Å². The van der Waals surface area contributed by atoms with E-state index in [0.29, 0.717) is 19.1 Å². The molecule has 2 N–H and O–H groups in total. The first kappa shape index (κ1) is 14.2. The fraction of sp³-hybridized carbons (Fsp3) is 0.562. The Morgan fingerprint density at radius 3 is 2.71 bits per heavy atom. The van der Waals surface area contributed by atoms with Crippen molar-refractivity contribution in [3.8, 4) is 11.5 Å². The normalized spacial score (nSPS) is 23.3. The summed E-state index contributed by atoms with van der Waals surface area (Å²) in [4.78, 5) is 14.1. The number of amides is 1. The van der Waals surface area contributed by atoms with Crippen LogP contribution in [-0.2, 0) is 4.79 Å². The van der Waals surface area contributed by atoms with Crippen LogP contribution in [0.4, 0.5) is 0 Å². The number of hydrogen-bond donors (Lipinski definition) is 1. The molecule has 0 bridgehead atoms. The molecule has 0 spiro atoms. The zero-order valence-corrected chi connectivity index (χ0v) is 12.5. The summed E-state index contributed by atoms with van der Waals surface area (Å²) in [5, 5.41) is 0. The Kier molecular flexibility index (Phi) is 3.53. The number of hydrogen-bond acceptors (Lipinski definition) is 4. The highest BCUT2D eigenvalue weighted by Crippen LogP contribution is 2.39. The first-order chi connectivity index (χ1) is 9.98. The predicted octanol–water partition coefficient (Wildman–Crippen LogP) is 1.41. The lowest BCUT2D eigenvalue weighted by Gasteiger charge is -2.33. The Labute approximate surface area is 125 Å². The van der Waals surface area contributed by atoms with Gasteiger partial charge in [0, 0.05) is 7.05 Å². The zero-order valence-electron chi connectivity index (χ0n) is 12.5. The highest BCUT2D eigenvalue weighted by molar-refractivity contribution is 5.86. The van der Waals surface area contributed by atoms with E-state index in [1.807, 2.05) is 31.2 Å².